The lowest BCUT2D eigenvalue weighted by Crippen LogP contribution is -2.24. The van der Waals surface area contributed by atoms with E-state index in [0.717, 1.165) is 5.56 Å². The van der Waals surface area contributed by atoms with Crippen LogP contribution in [0.1, 0.15) is 11.4 Å². The maximum absolute atomic E-state index is 12.3. The molecule has 0 bridgehead atoms. The number of nitrogens with zero attached hydrogens (tertiary/aromatic N) is 3. The van der Waals surface area contributed by atoms with Crippen molar-refractivity contribution in [1.82, 2.24) is 30.7 Å². The lowest BCUT2D eigenvalue weighted by Gasteiger charge is -2.11. The molecule has 1 heterocycles. The first kappa shape index (κ1) is 15.4. The number of hydrogen-bond donors (Lipinski definition) is 3. The Balaban J connectivity index is 2.22. The van der Waals surface area contributed by atoms with Gasteiger partial charge in [-0.2, -0.15) is 5.21 Å². The van der Waals surface area contributed by atoms with E-state index in [1.165, 1.54) is 13.2 Å². The van der Waals surface area contributed by atoms with Gasteiger partial charge in [0.05, 0.1) is 13.7 Å². The Hall–Kier alpha value is -2.04. The normalized spacial score (nSPS) is 11.5. The maximum atomic E-state index is 12.3. The summed E-state index contributed by atoms with van der Waals surface area (Å²) in [6, 6.07) is 4.91. The number of rotatable bonds is 7. The summed E-state index contributed by atoms with van der Waals surface area (Å²) in [5.74, 6) is 0.535. The van der Waals surface area contributed by atoms with Crippen LogP contribution in [0.4, 0.5) is 0 Å². The highest BCUT2D eigenvalue weighted by atomic mass is 32.2. The van der Waals surface area contributed by atoms with Crippen LogP contribution in [-0.4, -0.2) is 43.2 Å². The lowest BCUT2D eigenvalue weighted by atomic mass is 10.2. The number of sulfonamides is 1. The zero-order valence-corrected chi connectivity index (χ0v) is 12.4. The molecular weight excluding hydrogens is 296 g/mol. The minimum atomic E-state index is -3.73. The number of ether oxygens (including phenoxy) is 1. The quantitative estimate of drug-likeness (QED) is 0.624. The van der Waals surface area contributed by atoms with E-state index < -0.39 is 10.0 Å². The van der Waals surface area contributed by atoms with Crippen LogP contribution in [0.2, 0.25) is 0 Å². The third-order valence-electron chi connectivity index (χ3n) is 2.71. The number of aromatic nitrogens is 4. The number of H-pyrrole nitrogens is 1. The molecule has 2 rings (SSSR count). The number of hydrogen-bond acceptors (Lipinski definition) is 7. The Morgan fingerprint density at radius 1 is 1.33 bits per heavy atom. The van der Waals surface area contributed by atoms with E-state index in [1.54, 1.807) is 12.1 Å². The van der Waals surface area contributed by atoms with Crippen LogP contribution >= 0.6 is 0 Å². The predicted octanol–water partition coefficient (Wildman–Crippen LogP) is -0.594. The van der Waals surface area contributed by atoms with Crippen LogP contribution in [0.5, 0.6) is 5.75 Å². The van der Waals surface area contributed by atoms with Crippen LogP contribution in [-0.2, 0) is 23.1 Å². The molecule has 10 heteroatoms. The van der Waals surface area contributed by atoms with Gasteiger partial charge in [0.2, 0.25) is 10.0 Å². The Morgan fingerprint density at radius 3 is 2.76 bits per heavy atom. The van der Waals surface area contributed by atoms with E-state index in [4.69, 9.17) is 4.74 Å². The SMILES string of the molecule is CNCc1ccc(S(=O)(=O)NCc2nn[nH]n2)c(OC)c1. The molecule has 1 aromatic heterocycles. The molecule has 0 atom stereocenters. The van der Waals surface area contributed by atoms with Gasteiger partial charge < -0.3 is 10.1 Å². The van der Waals surface area contributed by atoms with Crippen LogP contribution in [0.25, 0.3) is 0 Å². The second-order valence-corrected chi connectivity index (χ2v) is 5.90. The Kier molecular flexibility index (Phi) is 4.83. The van der Waals surface area contributed by atoms with Crippen LogP contribution in [0, 0.1) is 0 Å². The van der Waals surface area contributed by atoms with Gasteiger partial charge in [0.25, 0.3) is 0 Å². The van der Waals surface area contributed by atoms with Gasteiger partial charge in [0.1, 0.15) is 10.6 Å². The van der Waals surface area contributed by atoms with E-state index in [-0.39, 0.29) is 23.0 Å². The van der Waals surface area contributed by atoms with Gasteiger partial charge in [-0.15, -0.1) is 10.2 Å². The molecule has 0 aliphatic rings. The molecule has 0 fully saturated rings. The fourth-order valence-electron chi connectivity index (χ4n) is 1.74. The van der Waals surface area contributed by atoms with Crippen LogP contribution < -0.4 is 14.8 Å². The fourth-order valence-corrected chi connectivity index (χ4v) is 2.87. The summed E-state index contributed by atoms with van der Waals surface area (Å²) in [6.07, 6.45) is 0. The third kappa shape index (κ3) is 3.74. The van der Waals surface area contributed by atoms with Crippen molar-refractivity contribution in [3.63, 3.8) is 0 Å². The van der Waals surface area contributed by atoms with E-state index in [9.17, 15) is 8.42 Å². The van der Waals surface area contributed by atoms with Crippen molar-refractivity contribution >= 4 is 10.0 Å². The molecule has 0 aliphatic heterocycles. The molecule has 21 heavy (non-hydrogen) atoms. The number of methoxy groups -OCH3 is 1. The Morgan fingerprint density at radius 2 is 2.14 bits per heavy atom. The molecule has 0 aliphatic carbocycles. The summed E-state index contributed by atoms with van der Waals surface area (Å²) in [6.45, 7) is 0.563. The summed E-state index contributed by atoms with van der Waals surface area (Å²) in [7, 11) is -0.491. The van der Waals surface area contributed by atoms with Crippen molar-refractivity contribution in [2.75, 3.05) is 14.2 Å². The molecule has 0 saturated heterocycles. The van der Waals surface area contributed by atoms with Crippen molar-refractivity contribution in [3.05, 3.63) is 29.6 Å². The molecule has 9 nitrogen and oxygen atoms in total. The zero-order valence-electron chi connectivity index (χ0n) is 11.6. The highest BCUT2D eigenvalue weighted by Crippen LogP contribution is 2.25. The summed E-state index contributed by atoms with van der Waals surface area (Å²) in [4.78, 5) is 0.0633. The molecule has 0 amide bonds. The highest BCUT2D eigenvalue weighted by molar-refractivity contribution is 7.89. The van der Waals surface area contributed by atoms with Crippen molar-refractivity contribution in [3.8, 4) is 5.75 Å². The van der Waals surface area contributed by atoms with E-state index in [1.807, 2.05) is 7.05 Å². The number of aromatic amines is 1. The minimum absolute atomic E-state index is 0.0553. The second-order valence-electron chi connectivity index (χ2n) is 4.17. The number of tetrazole rings is 1. The largest absolute Gasteiger partial charge is 0.495 e. The number of nitrogens with one attached hydrogen (secondary N) is 3. The van der Waals surface area contributed by atoms with E-state index in [2.05, 4.69) is 30.7 Å². The first-order valence-corrected chi connectivity index (χ1v) is 7.58. The summed E-state index contributed by atoms with van der Waals surface area (Å²) in [5.41, 5.74) is 0.923. The molecular formula is C11H16N6O3S. The van der Waals surface area contributed by atoms with Gasteiger partial charge in [0.15, 0.2) is 5.82 Å². The first-order chi connectivity index (χ1) is 10.1. The van der Waals surface area contributed by atoms with Crippen LogP contribution in [0.15, 0.2) is 23.1 Å². The van der Waals surface area contributed by atoms with Gasteiger partial charge >= 0.3 is 0 Å². The van der Waals surface area contributed by atoms with Gasteiger partial charge in [-0.3, -0.25) is 0 Å². The molecule has 3 N–H and O–H groups in total. The number of benzene rings is 1. The standard InChI is InChI=1S/C11H16N6O3S/c1-12-6-8-3-4-10(9(5-8)20-2)21(18,19)13-7-11-14-16-17-15-11/h3-5,12-13H,6-7H2,1-2H3,(H,14,15,16,17). The fraction of sp³-hybridized carbons (Fsp3) is 0.364. The predicted molar refractivity (Wildman–Crippen MR) is 74.0 cm³/mol. The summed E-state index contributed by atoms with van der Waals surface area (Å²) < 4.78 is 32.1. The average molecular weight is 312 g/mol. The van der Waals surface area contributed by atoms with Crippen molar-refractivity contribution < 1.29 is 13.2 Å². The zero-order chi connectivity index (χ0) is 15.3. The monoisotopic (exact) mass is 312 g/mol. The van der Waals surface area contributed by atoms with Gasteiger partial charge in [0, 0.05) is 6.54 Å². The van der Waals surface area contributed by atoms with Gasteiger partial charge in [-0.05, 0) is 24.7 Å². The van der Waals surface area contributed by atoms with Gasteiger partial charge in [-0.1, -0.05) is 11.3 Å². The summed E-state index contributed by atoms with van der Waals surface area (Å²) >= 11 is 0. The second kappa shape index (κ2) is 6.61. The first-order valence-electron chi connectivity index (χ1n) is 6.10. The Labute approximate surface area is 122 Å². The minimum Gasteiger partial charge on any atom is -0.495 e. The average Bonchev–Trinajstić information content (AvgIpc) is 2.98. The molecule has 0 radical (unpaired) electrons. The molecule has 2 aromatic rings. The van der Waals surface area contributed by atoms with Crippen molar-refractivity contribution in [2.45, 2.75) is 18.0 Å². The van der Waals surface area contributed by atoms with E-state index in [0.29, 0.717) is 6.54 Å². The maximum Gasteiger partial charge on any atom is 0.244 e. The smallest absolute Gasteiger partial charge is 0.244 e. The lowest BCUT2D eigenvalue weighted by molar-refractivity contribution is 0.401. The van der Waals surface area contributed by atoms with E-state index >= 15 is 0 Å². The molecule has 114 valence electrons. The highest BCUT2D eigenvalue weighted by Gasteiger charge is 2.20. The van der Waals surface area contributed by atoms with Gasteiger partial charge in [-0.25, -0.2) is 13.1 Å². The summed E-state index contributed by atoms with van der Waals surface area (Å²) in [5, 5.41) is 16.0. The van der Waals surface area contributed by atoms with Crippen molar-refractivity contribution in [1.29, 1.82) is 0 Å². The Bertz CT molecular complexity index is 686. The topological polar surface area (TPSA) is 122 Å². The molecule has 0 spiro atoms. The van der Waals surface area contributed by atoms with Crippen molar-refractivity contribution in [2.24, 2.45) is 0 Å². The molecule has 1 aromatic carbocycles. The van der Waals surface area contributed by atoms with Crippen LogP contribution in [0.3, 0.4) is 0 Å². The molecule has 0 unspecified atom stereocenters. The third-order valence-corrected chi connectivity index (χ3v) is 4.15. The molecule has 0 saturated carbocycles.